The van der Waals surface area contributed by atoms with E-state index in [1.54, 1.807) is 6.08 Å². The lowest BCUT2D eigenvalue weighted by Crippen LogP contribution is -2.30. The second kappa shape index (κ2) is 67.5. The minimum Gasteiger partial charge on any atom is -0.462 e. The van der Waals surface area contributed by atoms with Crippen LogP contribution in [0.3, 0.4) is 0 Å². The van der Waals surface area contributed by atoms with Crippen LogP contribution in [0.5, 0.6) is 0 Å². The summed E-state index contributed by atoms with van der Waals surface area (Å²) in [6, 6.07) is 0. The van der Waals surface area contributed by atoms with E-state index in [9.17, 15) is 14.4 Å². The molecule has 0 aliphatic rings. The molecule has 81 heavy (non-hydrogen) atoms. The molecule has 6 heteroatoms. The predicted molar refractivity (Wildman–Crippen MR) is 352 cm³/mol. The van der Waals surface area contributed by atoms with Crippen LogP contribution in [0.25, 0.3) is 0 Å². The van der Waals surface area contributed by atoms with Gasteiger partial charge in [0.15, 0.2) is 6.10 Å². The average molecular weight is 1120 g/mol. The molecule has 0 N–H and O–H groups in total. The molecular formula is C75H120O6. The highest BCUT2D eigenvalue weighted by molar-refractivity contribution is 5.72. The molecule has 0 aliphatic carbocycles. The largest absolute Gasteiger partial charge is 0.462 e. The second-order valence-electron chi connectivity index (χ2n) is 21.3. The summed E-state index contributed by atoms with van der Waals surface area (Å²) in [4.78, 5) is 38.2. The fourth-order valence-corrected chi connectivity index (χ4v) is 8.67. The molecular weight excluding hydrogens is 997 g/mol. The summed E-state index contributed by atoms with van der Waals surface area (Å²) < 4.78 is 16.8. The van der Waals surface area contributed by atoms with Gasteiger partial charge in [-0.25, -0.2) is 0 Å². The summed E-state index contributed by atoms with van der Waals surface area (Å²) in [6.07, 6.45) is 98.6. The number of hydrogen-bond donors (Lipinski definition) is 0. The fraction of sp³-hybridized carbons (Fsp3) is 0.613. The number of carbonyl (C=O) groups excluding carboxylic acids is 3. The van der Waals surface area contributed by atoms with Crippen molar-refractivity contribution in [2.45, 2.75) is 284 Å². The molecule has 0 spiro atoms. The van der Waals surface area contributed by atoms with Crippen LogP contribution in [-0.4, -0.2) is 37.2 Å². The lowest BCUT2D eigenvalue weighted by atomic mass is 10.0. The Kier molecular flexibility index (Phi) is 63.4. The van der Waals surface area contributed by atoms with Gasteiger partial charge in [0, 0.05) is 12.8 Å². The maximum atomic E-state index is 12.8. The third-order valence-electron chi connectivity index (χ3n) is 13.5. The van der Waals surface area contributed by atoms with E-state index >= 15 is 0 Å². The molecule has 1 unspecified atom stereocenters. The molecule has 456 valence electrons. The Bertz CT molecular complexity index is 1810. The van der Waals surface area contributed by atoms with Crippen LogP contribution in [0.4, 0.5) is 0 Å². The van der Waals surface area contributed by atoms with Crippen LogP contribution < -0.4 is 0 Å². The van der Waals surface area contributed by atoms with Gasteiger partial charge in [0.25, 0.3) is 0 Å². The Morgan fingerprint density at radius 1 is 0.272 bits per heavy atom. The first kappa shape index (κ1) is 76.0. The van der Waals surface area contributed by atoms with Gasteiger partial charge in [-0.1, -0.05) is 288 Å². The van der Waals surface area contributed by atoms with E-state index in [2.05, 4.69) is 167 Å². The zero-order valence-electron chi connectivity index (χ0n) is 52.2. The summed E-state index contributed by atoms with van der Waals surface area (Å²) in [5.74, 6) is -1.07. The normalized spacial score (nSPS) is 13.2. The van der Waals surface area contributed by atoms with Crippen LogP contribution >= 0.6 is 0 Å². The van der Waals surface area contributed by atoms with E-state index in [0.29, 0.717) is 19.3 Å². The topological polar surface area (TPSA) is 78.9 Å². The SMILES string of the molecule is CC/C=C\C/C=C\C/C=C\C/C=C\C/C=C\C/C=C\CCCCCCCCCCCCCCCCC(=O)OCC(COC(=O)CCCCCCC/C=C\C/C=C\CCCCC)OC(=O)C/C=C\C/C=C\C/C=C\C/C=C\C/C=C\CC. The highest BCUT2D eigenvalue weighted by Crippen LogP contribution is 2.15. The fourth-order valence-electron chi connectivity index (χ4n) is 8.67. The van der Waals surface area contributed by atoms with Crippen molar-refractivity contribution in [1.29, 1.82) is 0 Å². The first-order chi connectivity index (χ1) is 40.0. The standard InChI is InChI=1S/C75H120O6/c1-4-7-10-13-16-19-22-25-28-29-30-31-32-33-34-35-36-37-38-39-40-41-42-43-44-45-48-50-53-56-59-62-65-68-74(77)80-71-72(81-75(78)69-66-63-60-57-54-51-47-27-24-21-18-15-12-9-6-3)70-79-73(76)67-64-61-58-55-52-49-46-26-23-20-17-14-11-8-5-2/h7,9-10,12,16-21,25-28,30-31,33-34,36-37,46-47,54,57,63,66,72H,4-6,8,11,13-15,22-24,29,32,35,38-45,48-53,55-56,58-62,64-65,67-71H2,1-3H3/b10-7-,12-9-,19-16-,20-17-,21-18-,28-25-,31-30-,34-33-,37-36-,46-26-,47-27-,57-54-,66-63-. The number of rotatable bonds is 58. The number of esters is 3. The Morgan fingerprint density at radius 3 is 0.815 bits per heavy atom. The van der Waals surface area contributed by atoms with Gasteiger partial charge in [0.2, 0.25) is 0 Å². The van der Waals surface area contributed by atoms with Gasteiger partial charge < -0.3 is 14.2 Å². The number of unbranched alkanes of at least 4 members (excludes halogenated alkanes) is 22. The second-order valence-corrected chi connectivity index (χ2v) is 21.3. The van der Waals surface area contributed by atoms with Gasteiger partial charge in [-0.3, -0.25) is 14.4 Å². The minimum absolute atomic E-state index is 0.0885. The van der Waals surface area contributed by atoms with Gasteiger partial charge in [-0.15, -0.1) is 0 Å². The molecule has 0 bridgehead atoms. The molecule has 0 fully saturated rings. The molecule has 0 saturated heterocycles. The first-order valence-electron chi connectivity index (χ1n) is 33.0. The van der Waals surface area contributed by atoms with E-state index in [1.165, 1.54) is 103 Å². The number of allylic oxidation sites excluding steroid dienone is 25. The van der Waals surface area contributed by atoms with Crippen molar-refractivity contribution < 1.29 is 28.6 Å². The Hall–Kier alpha value is -4.97. The monoisotopic (exact) mass is 1120 g/mol. The van der Waals surface area contributed by atoms with E-state index in [-0.39, 0.29) is 31.6 Å². The third kappa shape index (κ3) is 65.7. The average Bonchev–Trinajstić information content (AvgIpc) is 3.47. The Labute approximate surface area is 499 Å². The van der Waals surface area contributed by atoms with Crippen LogP contribution in [-0.2, 0) is 28.6 Å². The summed E-state index contributed by atoms with van der Waals surface area (Å²) >= 11 is 0. The minimum atomic E-state index is -0.845. The molecule has 0 heterocycles. The van der Waals surface area contributed by atoms with E-state index in [4.69, 9.17) is 14.2 Å². The van der Waals surface area contributed by atoms with Gasteiger partial charge >= 0.3 is 17.9 Å². The zero-order valence-corrected chi connectivity index (χ0v) is 52.2. The molecule has 0 aromatic carbocycles. The molecule has 6 nitrogen and oxygen atoms in total. The third-order valence-corrected chi connectivity index (χ3v) is 13.5. The van der Waals surface area contributed by atoms with Crippen molar-refractivity contribution in [3.63, 3.8) is 0 Å². The summed E-state index contributed by atoms with van der Waals surface area (Å²) in [5.41, 5.74) is 0. The smallest absolute Gasteiger partial charge is 0.310 e. The summed E-state index contributed by atoms with van der Waals surface area (Å²) in [5, 5.41) is 0. The predicted octanol–water partition coefficient (Wildman–Crippen LogP) is 22.9. The molecule has 0 radical (unpaired) electrons. The molecule has 0 aromatic heterocycles. The van der Waals surface area contributed by atoms with Crippen LogP contribution in [0.2, 0.25) is 0 Å². The zero-order chi connectivity index (χ0) is 58.5. The number of carbonyl (C=O) groups is 3. The molecule has 0 amide bonds. The Morgan fingerprint density at radius 2 is 0.519 bits per heavy atom. The van der Waals surface area contributed by atoms with Crippen molar-refractivity contribution in [3.05, 3.63) is 158 Å². The maximum absolute atomic E-state index is 12.8. The van der Waals surface area contributed by atoms with Gasteiger partial charge in [0.05, 0.1) is 6.42 Å². The van der Waals surface area contributed by atoms with E-state index in [1.807, 2.05) is 6.08 Å². The van der Waals surface area contributed by atoms with Crippen molar-refractivity contribution in [2.24, 2.45) is 0 Å². The quantitative estimate of drug-likeness (QED) is 0.0261. The first-order valence-corrected chi connectivity index (χ1v) is 33.0. The summed E-state index contributed by atoms with van der Waals surface area (Å²) in [7, 11) is 0. The van der Waals surface area contributed by atoms with Crippen molar-refractivity contribution in [3.8, 4) is 0 Å². The van der Waals surface area contributed by atoms with Gasteiger partial charge in [-0.2, -0.15) is 0 Å². The molecule has 0 rings (SSSR count). The van der Waals surface area contributed by atoms with E-state index < -0.39 is 12.1 Å². The lowest BCUT2D eigenvalue weighted by molar-refractivity contribution is -0.166. The highest BCUT2D eigenvalue weighted by atomic mass is 16.6. The van der Waals surface area contributed by atoms with Gasteiger partial charge in [-0.05, 0) is 128 Å². The van der Waals surface area contributed by atoms with Crippen molar-refractivity contribution in [2.75, 3.05) is 13.2 Å². The maximum Gasteiger partial charge on any atom is 0.310 e. The van der Waals surface area contributed by atoms with Crippen molar-refractivity contribution >= 4 is 17.9 Å². The van der Waals surface area contributed by atoms with E-state index in [0.717, 1.165) is 128 Å². The molecule has 0 saturated carbocycles. The summed E-state index contributed by atoms with van der Waals surface area (Å²) in [6.45, 7) is 6.29. The molecule has 1 atom stereocenters. The van der Waals surface area contributed by atoms with Crippen molar-refractivity contribution in [1.82, 2.24) is 0 Å². The number of hydrogen-bond acceptors (Lipinski definition) is 6. The van der Waals surface area contributed by atoms with Crippen LogP contribution in [0.15, 0.2) is 158 Å². The van der Waals surface area contributed by atoms with Crippen LogP contribution in [0.1, 0.15) is 278 Å². The molecule has 0 aliphatic heterocycles. The van der Waals surface area contributed by atoms with Crippen LogP contribution in [0, 0.1) is 0 Å². The highest BCUT2D eigenvalue weighted by Gasteiger charge is 2.19. The van der Waals surface area contributed by atoms with Gasteiger partial charge in [0.1, 0.15) is 13.2 Å². The Balaban J connectivity index is 4.30. The lowest BCUT2D eigenvalue weighted by Gasteiger charge is -2.18. The number of ether oxygens (including phenoxy) is 3. The molecule has 0 aromatic rings.